The maximum atomic E-state index is 9.82. The second-order valence-corrected chi connectivity index (χ2v) is 3.15. The standard InChI is InChI=1S/CH5NO4S2/c1-2(7(3)4)8(5)6/h1H3,(H,3,4)(H,5,6). The van der Waals surface area contributed by atoms with Crippen LogP contribution < -0.4 is 0 Å². The summed E-state index contributed by atoms with van der Waals surface area (Å²) in [6, 6.07) is 0. The van der Waals surface area contributed by atoms with E-state index in [9.17, 15) is 8.42 Å². The normalized spacial score (nSPS) is 18.5. The van der Waals surface area contributed by atoms with Crippen LogP contribution in [0.4, 0.5) is 0 Å². The van der Waals surface area contributed by atoms with E-state index in [1.165, 1.54) is 0 Å². The topological polar surface area (TPSA) is 77.8 Å². The van der Waals surface area contributed by atoms with Gasteiger partial charge in [0.15, 0.2) is 0 Å². The van der Waals surface area contributed by atoms with Gasteiger partial charge in [-0.1, -0.05) is 3.71 Å². The van der Waals surface area contributed by atoms with Gasteiger partial charge in [-0.15, -0.1) is 0 Å². The molecule has 0 aromatic heterocycles. The van der Waals surface area contributed by atoms with Crippen molar-refractivity contribution in [1.29, 1.82) is 0 Å². The van der Waals surface area contributed by atoms with E-state index in [0.717, 1.165) is 7.05 Å². The Morgan fingerprint density at radius 3 is 1.50 bits per heavy atom. The van der Waals surface area contributed by atoms with Crippen LogP contribution in [-0.2, 0) is 22.5 Å². The summed E-state index contributed by atoms with van der Waals surface area (Å²) in [4.78, 5) is 0. The summed E-state index contributed by atoms with van der Waals surface area (Å²) in [5.41, 5.74) is 0. The lowest BCUT2D eigenvalue weighted by molar-refractivity contribution is 0.489. The second-order valence-electron chi connectivity index (χ2n) is 0.901. The zero-order valence-electron chi connectivity index (χ0n) is 3.97. The first-order valence-corrected chi connectivity index (χ1v) is 3.64. The molecule has 2 atom stereocenters. The van der Waals surface area contributed by atoms with Crippen LogP contribution in [0, 0.1) is 0 Å². The zero-order valence-corrected chi connectivity index (χ0v) is 5.61. The molecule has 0 radical (unpaired) electrons. The highest BCUT2D eigenvalue weighted by Crippen LogP contribution is 1.87. The molecule has 0 fully saturated rings. The van der Waals surface area contributed by atoms with E-state index in [-0.39, 0.29) is 0 Å². The molecule has 0 aliphatic rings. The van der Waals surface area contributed by atoms with Gasteiger partial charge in [-0.2, -0.15) is 0 Å². The van der Waals surface area contributed by atoms with Crippen LogP contribution >= 0.6 is 0 Å². The van der Waals surface area contributed by atoms with E-state index < -0.39 is 22.5 Å². The van der Waals surface area contributed by atoms with Crippen LogP contribution in [0.15, 0.2) is 0 Å². The molecule has 8 heavy (non-hydrogen) atoms. The number of rotatable bonds is 2. The van der Waals surface area contributed by atoms with E-state index in [0.29, 0.717) is 3.71 Å². The van der Waals surface area contributed by atoms with Crippen LogP contribution in [0.1, 0.15) is 0 Å². The molecule has 0 saturated carbocycles. The maximum Gasteiger partial charge on any atom is 0.248 e. The third kappa shape index (κ3) is 2.48. The van der Waals surface area contributed by atoms with Gasteiger partial charge in [-0.25, -0.2) is 8.42 Å². The molecule has 0 aliphatic heterocycles. The minimum absolute atomic E-state index is 0.389. The number of nitrogens with zero attached hydrogens (tertiary/aromatic N) is 1. The molecule has 0 aliphatic carbocycles. The molecule has 0 amide bonds. The van der Waals surface area contributed by atoms with Crippen LogP contribution in [0.5, 0.6) is 0 Å². The lowest BCUT2D eigenvalue weighted by Gasteiger charge is -2.01. The molecule has 2 N–H and O–H groups in total. The Labute approximate surface area is 51.5 Å². The van der Waals surface area contributed by atoms with Crippen LogP contribution in [-0.4, -0.2) is 28.3 Å². The molecule has 0 aromatic carbocycles. The minimum Gasteiger partial charge on any atom is -0.293 e. The van der Waals surface area contributed by atoms with Crippen LogP contribution in [0.25, 0.3) is 0 Å². The summed E-state index contributed by atoms with van der Waals surface area (Å²) in [5.74, 6) is 0. The summed E-state index contributed by atoms with van der Waals surface area (Å²) in [6.07, 6.45) is 0. The van der Waals surface area contributed by atoms with Gasteiger partial charge < -0.3 is 0 Å². The summed E-state index contributed by atoms with van der Waals surface area (Å²) in [5, 5.41) is 0. The molecule has 5 nitrogen and oxygen atoms in total. The van der Waals surface area contributed by atoms with Crippen molar-refractivity contribution >= 4 is 22.5 Å². The Morgan fingerprint density at radius 1 is 1.25 bits per heavy atom. The summed E-state index contributed by atoms with van der Waals surface area (Å²) in [7, 11) is 1.05. The minimum atomic E-state index is -2.36. The lowest BCUT2D eigenvalue weighted by Crippen LogP contribution is -2.21. The van der Waals surface area contributed by atoms with E-state index in [2.05, 4.69) is 0 Å². The molecule has 0 bridgehead atoms. The van der Waals surface area contributed by atoms with Gasteiger partial charge in [0.05, 0.1) is 0 Å². The van der Waals surface area contributed by atoms with Gasteiger partial charge in [0.1, 0.15) is 0 Å². The first kappa shape index (κ1) is 8.18. The molecule has 50 valence electrons. The highest BCUT2D eigenvalue weighted by Gasteiger charge is 2.08. The van der Waals surface area contributed by atoms with Crippen molar-refractivity contribution in [3.63, 3.8) is 0 Å². The van der Waals surface area contributed by atoms with Gasteiger partial charge >= 0.3 is 0 Å². The summed E-state index contributed by atoms with van der Waals surface area (Å²) >= 11 is -4.71. The Morgan fingerprint density at radius 2 is 1.50 bits per heavy atom. The fraction of sp³-hybridized carbons (Fsp3) is 1.00. The summed E-state index contributed by atoms with van der Waals surface area (Å²) in [6.45, 7) is 0. The van der Waals surface area contributed by atoms with Gasteiger partial charge in [0.2, 0.25) is 22.5 Å². The molecular formula is CH5NO4S2. The SMILES string of the molecule is CN(S(=O)O)S(=O)O. The highest BCUT2D eigenvalue weighted by atomic mass is 32.3. The predicted octanol–water partition coefficient (Wildman–Crippen LogP) is -0.808. The average Bonchev–Trinajstić information content (AvgIpc) is 1.64. The molecule has 0 spiro atoms. The van der Waals surface area contributed by atoms with E-state index in [1.807, 2.05) is 0 Å². The largest absolute Gasteiger partial charge is 0.293 e. The van der Waals surface area contributed by atoms with Crippen LogP contribution in [0.2, 0.25) is 0 Å². The molecule has 2 unspecified atom stereocenters. The van der Waals surface area contributed by atoms with Gasteiger partial charge in [-0.3, -0.25) is 9.11 Å². The van der Waals surface area contributed by atoms with Crippen molar-refractivity contribution in [2.75, 3.05) is 7.05 Å². The van der Waals surface area contributed by atoms with Crippen molar-refractivity contribution in [1.82, 2.24) is 3.71 Å². The second kappa shape index (κ2) is 3.25. The molecular weight excluding hydrogens is 154 g/mol. The average molecular weight is 159 g/mol. The number of hydrogen-bond acceptors (Lipinski definition) is 2. The van der Waals surface area contributed by atoms with Crippen molar-refractivity contribution < 1.29 is 17.5 Å². The monoisotopic (exact) mass is 159 g/mol. The molecule has 7 heteroatoms. The number of hydrogen-bond donors (Lipinski definition) is 2. The van der Waals surface area contributed by atoms with Crippen LogP contribution in [0.3, 0.4) is 0 Å². The molecule has 0 saturated heterocycles. The Kier molecular flexibility index (Phi) is 3.33. The Bertz CT molecular complexity index is 109. The first-order chi connectivity index (χ1) is 3.55. The van der Waals surface area contributed by atoms with Crippen molar-refractivity contribution in [2.24, 2.45) is 0 Å². The Hall–Kier alpha value is 0.180. The van der Waals surface area contributed by atoms with E-state index >= 15 is 0 Å². The smallest absolute Gasteiger partial charge is 0.248 e. The molecule has 0 rings (SSSR count). The van der Waals surface area contributed by atoms with Crippen molar-refractivity contribution in [3.05, 3.63) is 0 Å². The first-order valence-electron chi connectivity index (χ1n) is 1.51. The summed E-state index contributed by atoms with van der Waals surface area (Å²) < 4.78 is 36.1. The van der Waals surface area contributed by atoms with Crippen molar-refractivity contribution in [3.8, 4) is 0 Å². The highest BCUT2D eigenvalue weighted by molar-refractivity contribution is 7.92. The van der Waals surface area contributed by atoms with Crippen molar-refractivity contribution in [2.45, 2.75) is 0 Å². The third-order valence-electron chi connectivity index (χ3n) is 0.440. The fourth-order valence-electron chi connectivity index (χ4n) is 0.0545. The van der Waals surface area contributed by atoms with E-state index in [4.69, 9.17) is 9.11 Å². The van der Waals surface area contributed by atoms with E-state index in [1.54, 1.807) is 0 Å². The zero-order chi connectivity index (χ0) is 6.73. The molecule has 0 heterocycles. The third-order valence-corrected chi connectivity index (χ3v) is 2.08. The molecule has 0 aromatic rings. The Balaban J connectivity index is 3.83. The predicted molar refractivity (Wildman–Crippen MR) is 29.3 cm³/mol. The van der Waals surface area contributed by atoms with Gasteiger partial charge in [0, 0.05) is 7.05 Å². The quantitative estimate of drug-likeness (QED) is 0.517. The van der Waals surface area contributed by atoms with Gasteiger partial charge in [0.25, 0.3) is 0 Å². The maximum absolute atomic E-state index is 9.82. The van der Waals surface area contributed by atoms with Gasteiger partial charge in [-0.05, 0) is 0 Å². The fourth-order valence-corrected chi connectivity index (χ4v) is 0.491. The lowest BCUT2D eigenvalue weighted by atomic mass is 11.6.